The van der Waals surface area contributed by atoms with E-state index in [9.17, 15) is 8.42 Å². The molecule has 0 radical (unpaired) electrons. The summed E-state index contributed by atoms with van der Waals surface area (Å²) in [4.78, 5) is 0. The van der Waals surface area contributed by atoms with Crippen LogP contribution in [0, 0.1) is 0 Å². The Hall–Kier alpha value is -1.27. The molecule has 1 aromatic carbocycles. The van der Waals surface area contributed by atoms with Crippen molar-refractivity contribution in [3.05, 3.63) is 24.3 Å². The van der Waals surface area contributed by atoms with Gasteiger partial charge in [0.05, 0.1) is 5.69 Å². The summed E-state index contributed by atoms with van der Waals surface area (Å²) >= 11 is 0. The largest absolute Gasteiger partial charge is 0.399 e. The summed E-state index contributed by atoms with van der Waals surface area (Å²) in [5.41, 5.74) is 6.97. The average Bonchev–Trinajstić information content (AvgIpc) is 2.39. The molecule has 20 heavy (non-hydrogen) atoms. The predicted molar refractivity (Wildman–Crippen MR) is 82.8 cm³/mol. The molecule has 112 valence electrons. The molecule has 0 amide bonds. The van der Waals surface area contributed by atoms with Gasteiger partial charge in [0.2, 0.25) is 0 Å². The fourth-order valence-electron chi connectivity index (χ4n) is 2.70. The molecule has 2 N–H and O–H groups in total. The second-order valence-electron chi connectivity index (χ2n) is 5.22. The molecule has 1 heterocycles. The lowest BCUT2D eigenvalue weighted by Crippen LogP contribution is -2.49. The summed E-state index contributed by atoms with van der Waals surface area (Å²) in [6.07, 6.45) is 2.95. The molecule has 1 atom stereocenters. The van der Waals surface area contributed by atoms with Crippen LogP contribution < -0.4 is 10.0 Å². The second kappa shape index (κ2) is 6.01. The van der Waals surface area contributed by atoms with Crippen molar-refractivity contribution in [1.82, 2.24) is 4.31 Å². The zero-order valence-corrected chi connectivity index (χ0v) is 12.9. The zero-order valence-electron chi connectivity index (χ0n) is 12.1. The van der Waals surface area contributed by atoms with Crippen LogP contribution in [0.25, 0.3) is 0 Å². The van der Waals surface area contributed by atoms with Gasteiger partial charge >= 0.3 is 10.2 Å². The molecule has 5 nitrogen and oxygen atoms in total. The van der Waals surface area contributed by atoms with E-state index in [1.807, 2.05) is 13.8 Å². The third-order valence-electron chi connectivity index (χ3n) is 3.76. The zero-order chi connectivity index (χ0) is 14.8. The molecule has 6 heteroatoms. The molecule has 2 rings (SSSR count). The van der Waals surface area contributed by atoms with E-state index in [2.05, 4.69) is 0 Å². The third-order valence-corrected chi connectivity index (χ3v) is 5.92. The number of piperidine rings is 1. The highest BCUT2D eigenvalue weighted by Crippen LogP contribution is 2.27. The number of nitrogen functional groups attached to an aromatic ring is 1. The van der Waals surface area contributed by atoms with Crippen LogP contribution in [0.4, 0.5) is 11.4 Å². The van der Waals surface area contributed by atoms with E-state index in [-0.39, 0.29) is 6.04 Å². The number of nitrogens with zero attached hydrogens (tertiary/aromatic N) is 2. The van der Waals surface area contributed by atoms with E-state index in [1.165, 1.54) is 4.31 Å². The first-order valence-corrected chi connectivity index (χ1v) is 8.51. The van der Waals surface area contributed by atoms with Crippen LogP contribution in [0.3, 0.4) is 0 Å². The molecule has 1 unspecified atom stereocenters. The third kappa shape index (κ3) is 2.91. The van der Waals surface area contributed by atoms with Gasteiger partial charge in [0.15, 0.2) is 0 Å². The van der Waals surface area contributed by atoms with E-state index in [1.54, 1.807) is 28.6 Å². The summed E-state index contributed by atoms with van der Waals surface area (Å²) < 4.78 is 28.8. The van der Waals surface area contributed by atoms with E-state index in [4.69, 9.17) is 5.73 Å². The topological polar surface area (TPSA) is 66.6 Å². The Morgan fingerprint density at radius 3 is 2.75 bits per heavy atom. The molecule has 0 aromatic heterocycles. The normalized spacial score (nSPS) is 20.8. The van der Waals surface area contributed by atoms with E-state index >= 15 is 0 Å². The smallest absolute Gasteiger partial charge is 0.304 e. The van der Waals surface area contributed by atoms with Gasteiger partial charge in [0.25, 0.3) is 0 Å². The standard InChI is InChI=1S/C14H23N3O2S/c1-3-16(14-9-6-8-13(15)11-14)20(18,19)17-10-5-4-7-12(17)2/h6,8-9,11-12H,3-5,7,10,15H2,1-2H3. The highest BCUT2D eigenvalue weighted by molar-refractivity contribution is 7.90. The van der Waals surface area contributed by atoms with Gasteiger partial charge in [-0.15, -0.1) is 0 Å². The van der Waals surface area contributed by atoms with Crippen LogP contribution in [0.2, 0.25) is 0 Å². The lowest BCUT2D eigenvalue weighted by Gasteiger charge is -2.36. The molecular formula is C14H23N3O2S. The fourth-order valence-corrected chi connectivity index (χ4v) is 4.58. The Bertz CT molecular complexity index is 559. The van der Waals surface area contributed by atoms with Crippen molar-refractivity contribution < 1.29 is 8.42 Å². The van der Waals surface area contributed by atoms with Gasteiger partial charge in [-0.1, -0.05) is 12.5 Å². The highest BCUT2D eigenvalue weighted by Gasteiger charge is 2.34. The van der Waals surface area contributed by atoms with Crippen LogP contribution in [0.5, 0.6) is 0 Å². The molecule has 1 saturated heterocycles. The highest BCUT2D eigenvalue weighted by atomic mass is 32.2. The maximum absolute atomic E-state index is 12.9. The fraction of sp³-hybridized carbons (Fsp3) is 0.571. The Morgan fingerprint density at radius 2 is 2.15 bits per heavy atom. The van der Waals surface area contributed by atoms with Crippen molar-refractivity contribution in [2.45, 2.75) is 39.2 Å². The van der Waals surface area contributed by atoms with Crippen molar-refractivity contribution in [2.24, 2.45) is 0 Å². The van der Waals surface area contributed by atoms with Crippen molar-refractivity contribution in [3.8, 4) is 0 Å². The molecule has 0 aliphatic carbocycles. The first kappa shape index (κ1) is 15.1. The minimum Gasteiger partial charge on any atom is -0.399 e. The number of anilines is 2. The molecule has 0 bridgehead atoms. The lowest BCUT2D eigenvalue weighted by atomic mass is 10.1. The molecule has 0 saturated carbocycles. The molecule has 0 spiro atoms. The van der Waals surface area contributed by atoms with Crippen LogP contribution in [-0.2, 0) is 10.2 Å². The first-order valence-electron chi connectivity index (χ1n) is 7.12. The van der Waals surface area contributed by atoms with E-state index in [0.717, 1.165) is 19.3 Å². The van der Waals surface area contributed by atoms with Gasteiger partial charge in [0, 0.05) is 24.8 Å². The Labute approximate surface area is 121 Å². The first-order chi connectivity index (χ1) is 9.46. The minimum atomic E-state index is -3.48. The molecule has 1 aliphatic heterocycles. The molecule has 1 fully saturated rings. The van der Waals surface area contributed by atoms with Crippen LogP contribution in [0.15, 0.2) is 24.3 Å². The molecular weight excluding hydrogens is 274 g/mol. The van der Waals surface area contributed by atoms with E-state index in [0.29, 0.717) is 24.5 Å². The van der Waals surface area contributed by atoms with Gasteiger partial charge in [0.1, 0.15) is 0 Å². The summed E-state index contributed by atoms with van der Waals surface area (Å²) in [6.45, 7) is 4.82. The average molecular weight is 297 g/mol. The Morgan fingerprint density at radius 1 is 1.40 bits per heavy atom. The number of hydrogen-bond donors (Lipinski definition) is 1. The van der Waals surface area contributed by atoms with Crippen molar-refractivity contribution in [1.29, 1.82) is 0 Å². The minimum absolute atomic E-state index is 0.0591. The van der Waals surface area contributed by atoms with Gasteiger partial charge in [-0.25, -0.2) is 0 Å². The Kier molecular flexibility index (Phi) is 4.55. The number of hydrogen-bond acceptors (Lipinski definition) is 3. The van der Waals surface area contributed by atoms with Crippen LogP contribution in [0.1, 0.15) is 33.1 Å². The second-order valence-corrected chi connectivity index (χ2v) is 7.03. The summed E-state index contributed by atoms with van der Waals surface area (Å²) in [6, 6.07) is 7.08. The SMILES string of the molecule is CCN(c1cccc(N)c1)S(=O)(=O)N1CCCCC1C. The maximum Gasteiger partial charge on any atom is 0.304 e. The van der Waals surface area contributed by atoms with E-state index < -0.39 is 10.2 Å². The van der Waals surface area contributed by atoms with Crippen LogP contribution in [-0.4, -0.2) is 31.9 Å². The number of nitrogens with two attached hydrogens (primary N) is 1. The Balaban J connectivity index is 2.34. The summed E-state index contributed by atoms with van der Waals surface area (Å²) in [5, 5.41) is 0. The van der Waals surface area contributed by atoms with Crippen molar-refractivity contribution in [2.75, 3.05) is 23.1 Å². The number of rotatable bonds is 4. The van der Waals surface area contributed by atoms with Crippen LogP contribution >= 0.6 is 0 Å². The summed E-state index contributed by atoms with van der Waals surface area (Å²) in [7, 11) is -3.48. The monoisotopic (exact) mass is 297 g/mol. The molecule has 1 aliphatic rings. The van der Waals surface area contributed by atoms with Gasteiger partial charge in [-0.05, 0) is 44.9 Å². The lowest BCUT2D eigenvalue weighted by molar-refractivity contribution is 0.268. The maximum atomic E-state index is 12.9. The number of benzene rings is 1. The quantitative estimate of drug-likeness (QED) is 0.867. The van der Waals surface area contributed by atoms with Crippen molar-refractivity contribution >= 4 is 21.6 Å². The van der Waals surface area contributed by atoms with Gasteiger partial charge in [-0.3, -0.25) is 4.31 Å². The summed E-state index contributed by atoms with van der Waals surface area (Å²) in [5.74, 6) is 0. The van der Waals surface area contributed by atoms with Crippen molar-refractivity contribution in [3.63, 3.8) is 0 Å². The molecule has 1 aromatic rings. The van der Waals surface area contributed by atoms with Gasteiger partial charge < -0.3 is 5.73 Å². The predicted octanol–water partition coefficient (Wildman–Crippen LogP) is 2.21. The van der Waals surface area contributed by atoms with Gasteiger partial charge in [-0.2, -0.15) is 12.7 Å².